The summed E-state index contributed by atoms with van der Waals surface area (Å²) >= 11 is 0. The van der Waals surface area contributed by atoms with Crippen molar-refractivity contribution < 1.29 is 19.4 Å². The van der Waals surface area contributed by atoms with Crippen LogP contribution in [-0.2, 0) is 16.0 Å². The summed E-state index contributed by atoms with van der Waals surface area (Å²) < 4.78 is 10.9. The van der Waals surface area contributed by atoms with Crippen LogP contribution in [-0.4, -0.2) is 30.4 Å². The summed E-state index contributed by atoms with van der Waals surface area (Å²) in [7, 11) is 1.41. The van der Waals surface area contributed by atoms with E-state index in [1.807, 2.05) is 31.2 Å². The van der Waals surface area contributed by atoms with E-state index in [4.69, 9.17) is 9.47 Å². The van der Waals surface area contributed by atoms with Crippen LogP contribution in [0.1, 0.15) is 57.9 Å². The van der Waals surface area contributed by atoms with Crippen LogP contribution in [0.15, 0.2) is 36.4 Å². The van der Waals surface area contributed by atoms with E-state index in [9.17, 15) is 9.90 Å². The highest BCUT2D eigenvalue weighted by molar-refractivity contribution is 5.69. The van der Waals surface area contributed by atoms with Crippen molar-refractivity contribution in [3.05, 3.63) is 42.0 Å². The van der Waals surface area contributed by atoms with E-state index in [0.717, 1.165) is 43.4 Å². The van der Waals surface area contributed by atoms with Crippen molar-refractivity contribution in [1.82, 2.24) is 0 Å². The van der Waals surface area contributed by atoms with Crippen molar-refractivity contribution in [2.24, 2.45) is 11.8 Å². The summed E-state index contributed by atoms with van der Waals surface area (Å²) in [6, 6.07) is 7.96. The molecule has 1 aromatic carbocycles. The molecule has 1 N–H and O–H groups in total. The highest BCUT2D eigenvalue weighted by Gasteiger charge is 2.33. The van der Waals surface area contributed by atoms with Crippen LogP contribution in [0.4, 0.5) is 0 Å². The molecule has 2 unspecified atom stereocenters. The normalized spacial score (nSPS) is 22.1. The second kappa shape index (κ2) is 12.3. The first-order valence-corrected chi connectivity index (χ1v) is 10.6. The average molecular weight is 399 g/mol. The number of aryl methyl sites for hydroxylation is 1. The molecule has 0 aromatic heterocycles. The Morgan fingerprint density at radius 3 is 2.90 bits per heavy atom. The summed E-state index contributed by atoms with van der Waals surface area (Å²) in [5, 5.41) is 10.4. The van der Waals surface area contributed by atoms with Crippen LogP contribution < -0.4 is 4.74 Å². The number of rotatable bonds is 10. The molecule has 4 heteroatoms. The lowest BCUT2D eigenvalue weighted by Gasteiger charge is -2.16. The molecule has 2 rings (SSSR count). The van der Waals surface area contributed by atoms with Crippen LogP contribution in [0.25, 0.3) is 0 Å². The number of esters is 1. The Kier molecular flexibility index (Phi) is 9.80. The second-order valence-electron chi connectivity index (χ2n) is 7.88. The van der Waals surface area contributed by atoms with Crippen molar-refractivity contribution in [3.8, 4) is 17.6 Å². The van der Waals surface area contributed by atoms with E-state index in [1.165, 1.54) is 7.11 Å². The molecule has 1 fully saturated rings. The van der Waals surface area contributed by atoms with Crippen molar-refractivity contribution >= 4 is 5.97 Å². The van der Waals surface area contributed by atoms with E-state index >= 15 is 0 Å². The van der Waals surface area contributed by atoms with Crippen LogP contribution in [0, 0.1) is 23.7 Å². The average Bonchev–Trinajstić information content (AvgIpc) is 3.06. The third-order valence-electron chi connectivity index (χ3n) is 5.40. The SMILES string of the molecule is CC#CCC(C)C/C=C/C1C[C@@H](Oc2ccccc2CCCC(=O)OC)C[C@H]1O. The molecule has 4 atom stereocenters. The van der Waals surface area contributed by atoms with Gasteiger partial charge < -0.3 is 14.6 Å². The maximum atomic E-state index is 11.3. The quantitative estimate of drug-likeness (QED) is 0.353. The fourth-order valence-corrected chi connectivity index (χ4v) is 3.68. The third-order valence-corrected chi connectivity index (χ3v) is 5.40. The van der Waals surface area contributed by atoms with Gasteiger partial charge in [0.2, 0.25) is 0 Å². The molecule has 29 heavy (non-hydrogen) atoms. The molecule has 1 aliphatic rings. The molecule has 0 aliphatic heterocycles. The van der Waals surface area contributed by atoms with E-state index in [-0.39, 0.29) is 24.1 Å². The fraction of sp³-hybridized carbons (Fsp3) is 0.560. The maximum Gasteiger partial charge on any atom is 0.305 e. The molecule has 0 bridgehead atoms. The van der Waals surface area contributed by atoms with Gasteiger partial charge in [-0.15, -0.1) is 11.8 Å². The minimum atomic E-state index is -0.367. The third kappa shape index (κ3) is 7.95. The number of allylic oxidation sites excluding steroid dienone is 1. The second-order valence-corrected chi connectivity index (χ2v) is 7.88. The number of hydrogen-bond acceptors (Lipinski definition) is 4. The molecule has 1 saturated carbocycles. The molecule has 1 aromatic rings. The summed E-state index contributed by atoms with van der Waals surface area (Å²) in [6.45, 7) is 4.07. The summed E-state index contributed by atoms with van der Waals surface area (Å²) in [5.74, 6) is 7.39. The maximum absolute atomic E-state index is 11.3. The zero-order chi connectivity index (χ0) is 21.1. The largest absolute Gasteiger partial charge is 0.490 e. The van der Waals surface area contributed by atoms with Crippen LogP contribution in [0.3, 0.4) is 0 Å². The van der Waals surface area contributed by atoms with E-state index in [2.05, 4.69) is 30.9 Å². The van der Waals surface area contributed by atoms with Crippen LogP contribution >= 0.6 is 0 Å². The zero-order valence-corrected chi connectivity index (χ0v) is 17.9. The van der Waals surface area contributed by atoms with Crippen molar-refractivity contribution in [3.63, 3.8) is 0 Å². The van der Waals surface area contributed by atoms with Crippen molar-refractivity contribution in [1.29, 1.82) is 0 Å². The lowest BCUT2D eigenvalue weighted by Crippen LogP contribution is -2.14. The monoisotopic (exact) mass is 398 g/mol. The minimum absolute atomic E-state index is 0.00443. The molecular weight excluding hydrogens is 364 g/mol. The van der Waals surface area contributed by atoms with Gasteiger partial charge in [0, 0.05) is 25.2 Å². The van der Waals surface area contributed by atoms with Gasteiger partial charge in [-0.2, -0.15) is 0 Å². The molecular formula is C25H34O4. The molecule has 0 radical (unpaired) electrons. The number of methoxy groups -OCH3 is 1. The first-order chi connectivity index (χ1) is 14.0. The molecule has 0 saturated heterocycles. The molecule has 0 spiro atoms. The van der Waals surface area contributed by atoms with Gasteiger partial charge in [0.05, 0.1) is 13.2 Å². The number of para-hydroxylation sites is 1. The zero-order valence-electron chi connectivity index (χ0n) is 17.9. The standard InChI is InChI=1S/C25H34O4/c1-4-5-10-19(2)11-8-14-21-17-22(18-23(21)26)29-24-15-7-6-12-20(24)13-9-16-25(27)28-3/h6-8,12,14-15,19,21-23,26H,9-11,13,16-18H2,1-3H3/b14-8+/t19?,21?,22-,23-/m1/s1. The molecule has 0 amide bonds. The molecule has 158 valence electrons. The van der Waals surface area contributed by atoms with Gasteiger partial charge in [-0.3, -0.25) is 4.79 Å². The Morgan fingerprint density at radius 2 is 2.14 bits per heavy atom. The Balaban J connectivity index is 1.86. The van der Waals surface area contributed by atoms with Crippen molar-refractivity contribution in [2.45, 2.75) is 71.0 Å². The van der Waals surface area contributed by atoms with E-state index in [0.29, 0.717) is 18.8 Å². The Labute approximate surface area is 175 Å². The number of ether oxygens (including phenoxy) is 2. The highest BCUT2D eigenvalue weighted by atomic mass is 16.5. The predicted molar refractivity (Wildman–Crippen MR) is 116 cm³/mol. The van der Waals surface area contributed by atoms with Crippen LogP contribution in [0.2, 0.25) is 0 Å². The van der Waals surface area contributed by atoms with Gasteiger partial charge in [0.15, 0.2) is 0 Å². The molecule has 0 heterocycles. The van der Waals surface area contributed by atoms with Gasteiger partial charge in [-0.25, -0.2) is 0 Å². The van der Waals surface area contributed by atoms with Crippen molar-refractivity contribution in [2.75, 3.05) is 7.11 Å². The highest BCUT2D eigenvalue weighted by Crippen LogP contribution is 2.32. The lowest BCUT2D eigenvalue weighted by atomic mass is 10.0. The predicted octanol–water partition coefficient (Wildman–Crippen LogP) is 4.70. The van der Waals surface area contributed by atoms with E-state index < -0.39 is 0 Å². The number of aliphatic hydroxyl groups is 1. The van der Waals surface area contributed by atoms with Gasteiger partial charge in [-0.05, 0) is 50.2 Å². The Bertz CT molecular complexity index is 728. The number of aliphatic hydroxyl groups excluding tert-OH is 1. The lowest BCUT2D eigenvalue weighted by molar-refractivity contribution is -0.140. The minimum Gasteiger partial charge on any atom is -0.490 e. The first-order valence-electron chi connectivity index (χ1n) is 10.6. The number of carbonyl (C=O) groups is 1. The van der Waals surface area contributed by atoms with Gasteiger partial charge in [-0.1, -0.05) is 37.3 Å². The number of hydrogen-bond donors (Lipinski definition) is 1. The number of carbonyl (C=O) groups excluding carboxylic acids is 1. The number of benzene rings is 1. The topological polar surface area (TPSA) is 55.8 Å². The fourth-order valence-electron chi connectivity index (χ4n) is 3.68. The van der Waals surface area contributed by atoms with Gasteiger partial charge in [0.25, 0.3) is 0 Å². The smallest absolute Gasteiger partial charge is 0.305 e. The Hall–Kier alpha value is -2.25. The van der Waals surface area contributed by atoms with Gasteiger partial charge in [0.1, 0.15) is 11.9 Å². The molecule has 1 aliphatic carbocycles. The first kappa shape index (κ1) is 23.0. The summed E-state index contributed by atoms with van der Waals surface area (Å²) in [4.78, 5) is 11.3. The van der Waals surface area contributed by atoms with E-state index in [1.54, 1.807) is 0 Å². The summed E-state index contributed by atoms with van der Waals surface area (Å²) in [6.07, 6.45) is 9.21. The summed E-state index contributed by atoms with van der Waals surface area (Å²) in [5.41, 5.74) is 1.09. The van der Waals surface area contributed by atoms with Gasteiger partial charge >= 0.3 is 5.97 Å². The van der Waals surface area contributed by atoms with Crippen LogP contribution in [0.5, 0.6) is 5.75 Å². The Morgan fingerprint density at radius 1 is 1.34 bits per heavy atom. The molecule has 4 nitrogen and oxygen atoms in total.